The zero-order valence-corrected chi connectivity index (χ0v) is 12.5. The summed E-state index contributed by atoms with van der Waals surface area (Å²) in [6.45, 7) is 0.657. The van der Waals surface area contributed by atoms with Crippen LogP contribution in [0.5, 0.6) is 5.75 Å². The van der Waals surface area contributed by atoms with Gasteiger partial charge in [0.1, 0.15) is 5.75 Å². The number of ether oxygens (including phenoxy) is 1. The average molecular weight is 334 g/mol. The number of para-hydroxylation sites is 1. The molecule has 2 heterocycles. The van der Waals surface area contributed by atoms with Crippen molar-refractivity contribution in [3.63, 3.8) is 0 Å². The first-order valence-corrected chi connectivity index (χ1v) is 7.35. The summed E-state index contributed by atoms with van der Waals surface area (Å²) in [7, 11) is 0. The molecule has 0 fully saturated rings. The van der Waals surface area contributed by atoms with Gasteiger partial charge < -0.3 is 4.74 Å². The van der Waals surface area contributed by atoms with Crippen molar-refractivity contribution < 1.29 is 4.74 Å². The topological polar surface area (TPSA) is 60.2 Å². The summed E-state index contributed by atoms with van der Waals surface area (Å²) in [5.74, 6) is 6.96. The zero-order valence-electron chi connectivity index (χ0n) is 10.9. The van der Waals surface area contributed by atoms with Gasteiger partial charge in [-0.2, -0.15) is 0 Å². The highest BCUT2D eigenvalue weighted by Gasteiger charge is 2.30. The average Bonchev–Trinajstić information content (AvgIpc) is 2.91. The highest BCUT2D eigenvalue weighted by molar-refractivity contribution is 9.10. The number of rotatable bonds is 4. The van der Waals surface area contributed by atoms with E-state index in [0.29, 0.717) is 6.61 Å². The van der Waals surface area contributed by atoms with E-state index in [1.54, 1.807) is 0 Å². The van der Waals surface area contributed by atoms with Crippen molar-refractivity contribution in [3.8, 4) is 5.75 Å². The summed E-state index contributed by atoms with van der Waals surface area (Å²) in [5.41, 5.74) is 5.15. The molecule has 0 saturated heterocycles. The van der Waals surface area contributed by atoms with E-state index in [2.05, 4.69) is 32.4 Å². The van der Waals surface area contributed by atoms with Crippen LogP contribution in [0.2, 0.25) is 0 Å². The SMILES string of the molecule is NNC(Cc1ccc(Br)cn1)C1COc2ccccc21. The number of hydrogen-bond acceptors (Lipinski definition) is 4. The van der Waals surface area contributed by atoms with E-state index in [0.717, 1.165) is 22.3 Å². The second kappa shape index (κ2) is 5.91. The first-order chi connectivity index (χ1) is 9.78. The summed E-state index contributed by atoms with van der Waals surface area (Å²) in [6.07, 6.45) is 2.58. The molecule has 4 nitrogen and oxygen atoms in total. The predicted octanol–water partition coefficient (Wildman–Crippen LogP) is 2.39. The molecule has 3 rings (SSSR count). The van der Waals surface area contributed by atoms with Crippen LogP contribution < -0.4 is 16.0 Å². The normalized spacial score (nSPS) is 18.4. The standard InChI is InChI=1S/C15H16BrN3O/c16-10-5-6-11(18-8-10)7-14(19-17)13-9-20-15-4-2-1-3-12(13)15/h1-6,8,13-14,19H,7,9,17H2. The van der Waals surface area contributed by atoms with Crippen LogP contribution in [0.15, 0.2) is 47.1 Å². The van der Waals surface area contributed by atoms with Crippen LogP contribution in [0.4, 0.5) is 0 Å². The van der Waals surface area contributed by atoms with Crippen molar-refractivity contribution in [2.45, 2.75) is 18.4 Å². The van der Waals surface area contributed by atoms with E-state index in [1.807, 2.05) is 36.5 Å². The molecule has 2 atom stereocenters. The Morgan fingerprint density at radius 1 is 1.35 bits per heavy atom. The van der Waals surface area contributed by atoms with Crippen LogP contribution in [0, 0.1) is 0 Å². The second-order valence-corrected chi connectivity index (χ2v) is 5.82. The third-order valence-corrected chi connectivity index (χ3v) is 4.12. The van der Waals surface area contributed by atoms with Crippen LogP contribution in [0.3, 0.4) is 0 Å². The van der Waals surface area contributed by atoms with Gasteiger partial charge in [-0.15, -0.1) is 0 Å². The fourth-order valence-corrected chi connectivity index (χ4v) is 2.82. The highest BCUT2D eigenvalue weighted by Crippen LogP contribution is 2.36. The first kappa shape index (κ1) is 13.5. The number of nitrogens with zero attached hydrogens (tertiary/aromatic N) is 1. The number of hydrazine groups is 1. The maximum Gasteiger partial charge on any atom is 0.122 e. The maximum absolute atomic E-state index is 5.74. The Morgan fingerprint density at radius 2 is 2.20 bits per heavy atom. The molecular formula is C15H16BrN3O. The van der Waals surface area contributed by atoms with Crippen molar-refractivity contribution in [2.24, 2.45) is 5.84 Å². The van der Waals surface area contributed by atoms with Gasteiger partial charge >= 0.3 is 0 Å². The Balaban J connectivity index is 1.79. The van der Waals surface area contributed by atoms with E-state index in [-0.39, 0.29) is 12.0 Å². The Morgan fingerprint density at radius 3 is 2.95 bits per heavy atom. The summed E-state index contributed by atoms with van der Waals surface area (Å²) in [5, 5.41) is 0. The van der Waals surface area contributed by atoms with Gasteiger partial charge in [0.15, 0.2) is 0 Å². The minimum Gasteiger partial charge on any atom is -0.493 e. The third-order valence-electron chi connectivity index (χ3n) is 3.65. The van der Waals surface area contributed by atoms with Crippen LogP contribution in [0.25, 0.3) is 0 Å². The smallest absolute Gasteiger partial charge is 0.122 e. The Kier molecular flexibility index (Phi) is 4.00. The van der Waals surface area contributed by atoms with Crippen molar-refractivity contribution >= 4 is 15.9 Å². The van der Waals surface area contributed by atoms with Crippen molar-refractivity contribution in [2.75, 3.05) is 6.61 Å². The molecule has 1 aliphatic heterocycles. The van der Waals surface area contributed by atoms with Crippen LogP contribution in [-0.4, -0.2) is 17.6 Å². The number of fused-ring (bicyclic) bond motifs is 1. The summed E-state index contributed by atoms with van der Waals surface area (Å²) >= 11 is 3.39. The van der Waals surface area contributed by atoms with E-state index in [9.17, 15) is 0 Å². The molecule has 5 heteroatoms. The Bertz CT molecular complexity index is 588. The molecule has 0 bridgehead atoms. The van der Waals surface area contributed by atoms with Gasteiger partial charge in [-0.1, -0.05) is 18.2 Å². The zero-order chi connectivity index (χ0) is 13.9. The van der Waals surface area contributed by atoms with E-state index >= 15 is 0 Å². The molecule has 0 radical (unpaired) electrons. The molecular weight excluding hydrogens is 318 g/mol. The van der Waals surface area contributed by atoms with E-state index in [1.165, 1.54) is 5.56 Å². The molecule has 0 aliphatic carbocycles. The predicted molar refractivity (Wildman–Crippen MR) is 81.4 cm³/mol. The lowest BCUT2D eigenvalue weighted by Gasteiger charge is -2.21. The van der Waals surface area contributed by atoms with E-state index < -0.39 is 0 Å². The summed E-state index contributed by atoms with van der Waals surface area (Å²) in [6, 6.07) is 12.2. The first-order valence-electron chi connectivity index (χ1n) is 6.56. The molecule has 20 heavy (non-hydrogen) atoms. The number of halogens is 1. The van der Waals surface area contributed by atoms with Crippen LogP contribution in [0.1, 0.15) is 17.2 Å². The van der Waals surface area contributed by atoms with Crippen molar-refractivity contribution in [1.29, 1.82) is 0 Å². The lowest BCUT2D eigenvalue weighted by Crippen LogP contribution is -2.42. The van der Waals surface area contributed by atoms with Gasteiger partial charge in [0, 0.05) is 40.3 Å². The molecule has 0 amide bonds. The number of pyridine rings is 1. The van der Waals surface area contributed by atoms with E-state index in [4.69, 9.17) is 10.6 Å². The molecule has 0 spiro atoms. The van der Waals surface area contributed by atoms with Gasteiger partial charge in [0.2, 0.25) is 0 Å². The minimum absolute atomic E-state index is 0.104. The molecule has 0 saturated carbocycles. The molecule has 104 valence electrons. The fourth-order valence-electron chi connectivity index (χ4n) is 2.59. The van der Waals surface area contributed by atoms with Crippen LogP contribution in [-0.2, 0) is 6.42 Å². The number of aromatic nitrogens is 1. The maximum atomic E-state index is 5.74. The monoisotopic (exact) mass is 333 g/mol. The molecule has 1 aliphatic rings. The van der Waals surface area contributed by atoms with Gasteiger partial charge in [-0.05, 0) is 34.1 Å². The lowest BCUT2D eigenvalue weighted by atomic mass is 9.91. The number of nitrogens with one attached hydrogen (secondary N) is 1. The molecule has 1 aromatic carbocycles. The molecule has 2 aromatic rings. The highest BCUT2D eigenvalue weighted by atomic mass is 79.9. The van der Waals surface area contributed by atoms with Crippen molar-refractivity contribution in [3.05, 3.63) is 58.3 Å². The quantitative estimate of drug-likeness (QED) is 0.666. The van der Waals surface area contributed by atoms with Gasteiger partial charge in [-0.25, -0.2) is 0 Å². The fraction of sp³-hybridized carbons (Fsp3) is 0.267. The third kappa shape index (κ3) is 2.70. The van der Waals surface area contributed by atoms with Gasteiger partial charge in [0.25, 0.3) is 0 Å². The lowest BCUT2D eigenvalue weighted by molar-refractivity contribution is 0.297. The molecule has 3 N–H and O–H groups in total. The number of hydrogen-bond donors (Lipinski definition) is 2. The second-order valence-electron chi connectivity index (χ2n) is 4.90. The molecule has 1 aromatic heterocycles. The Hall–Kier alpha value is -1.43. The number of nitrogens with two attached hydrogens (primary N) is 1. The Labute approximate surface area is 126 Å². The van der Waals surface area contributed by atoms with Crippen molar-refractivity contribution in [1.82, 2.24) is 10.4 Å². The van der Waals surface area contributed by atoms with Gasteiger partial charge in [0.05, 0.1) is 6.61 Å². The molecule has 2 unspecified atom stereocenters. The largest absolute Gasteiger partial charge is 0.493 e. The summed E-state index contributed by atoms with van der Waals surface area (Å²) < 4.78 is 6.71. The van der Waals surface area contributed by atoms with Gasteiger partial charge in [-0.3, -0.25) is 16.3 Å². The van der Waals surface area contributed by atoms with Crippen LogP contribution >= 0.6 is 15.9 Å². The summed E-state index contributed by atoms with van der Waals surface area (Å²) in [4.78, 5) is 4.41. The minimum atomic E-state index is 0.104. The number of benzene rings is 1.